The number of hydrogen-bond donors (Lipinski definition) is 1. The number of carboxylic acids is 1. The number of carboxylic acid groups (broad SMARTS) is 1. The van der Waals surface area contributed by atoms with Crippen molar-refractivity contribution >= 4 is 5.97 Å². The molecule has 2 rings (SSSR count). The number of aliphatic carboxylic acids is 1. The van der Waals surface area contributed by atoms with Gasteiger partial charge < -0.3 is 9.84 Å². The fourth-order valence-corrected chi connectivity index (χ4v) is 1.70. The smallest absolute Gasteiger partial charge is 0.306 e. The Morgan fingerprint density at radius 2 is 2.21 bits per heavy atom. The summed E-state index contributed by atoms with van der Waals surface area (Å²) in [4.78, 5) is 10.9. The molecule has 0 aromatic heterocycles. The summed E-state index contributed by atoms with van der Waals surface area (Å²) < 4.78 is 5.47. The van der Waals surface area contributed by atoms with E-state index in [1.54, 1.807) is 0 Å². The van der Waals surface area contributed by atoms with Gasteiger partial charge in [-0.05, 0) is 24.5 Å². The Morgan fingerprint density at radius 3 is 3.00 bits per heavy atom. The number of benzene rings is 1. The molecule has 0 saturated heterocycles. The van der Waals surface area contributed by atoms with Gasteiger partial charge >= 0.3 is 5.97 Å². The SMILES string of the molecule is O=C(O)[C@@H]1CCOc2ccccc2C1. The van der Waals surface area contributed by atoms with Crippen molar-refractivity contribution in [3.63, 3.8) is 0 Å². The van der Waals surface area contributed by atoms with Gasteiger partial charge in [-0.1, -0.05) is 18.2 Å². The topological polar surface area (TPSA) is 46.5 Å². The van der Waals surface area contributed by atoms with Crippen molar-refractivity contribution in [2.24, 2.45) is 5.92 Å². The van der Waals surface area contributed by atoms with Crippen LogP contribution in [0.3, 0.4) is 0 Å². The molecule has 1 aromatic rings. The van der Waals surface area contributed by atoms with Crippen LogP contribution >= 0.6 is 0 Å². The lowest BCUT2D eigenvalue weighted by Crippen LogP contribution is -2.16. The molecular formula is C11H12O3. The van der Waals surface area contributed by atoms with Crippen molar-refractivity contribution in [2.45, 2.75) is 12.8 Å². The van der Waals surface area contributed by atoms with Crippen molar-refractivity contribution < 1.29 is 14.6 Å². The van der Waals surface area contributed by atoms with E-state index in [1.807, 2.05) is 24.3 Å². The van der Waals surface area contributed by atoms with Crippen LogP contribution in [-0.2, 0) is 11.2 Å². The molecule has 0 bridgehead atoms. The molecule has 1 aromatic carbocycles. The first-order chi connectivity index (χ1) is 6.77. The minimum Gasteiger partial charge on any atom is -0.493 e. The maximum absolute atomic E-state index is 10.9. The van der Waals surface area contributed by atoms with Gasteiger partial charge in [-0.25, -0.2) is 0 Å². The molecule has 0 amide bonds. The van der Waals surface area contributed by atoms with Crippen LogP contribution in [0.1, 0.15) is 12.0 Å². The first-order valence-corrected chi connectivity index (χ1v) is 4.71. The van der Waals surface area contributed by atoms with Gasteiger partial charge in [0.15, 0.2) is 0 Å². The van der Waals surface area contributed by atoms with Crippen LogP contribution in [0.2, 0.25) is 0 Å². The summed E-state index contributed by atoms with van der Waals surface area (Å²) in [5, 5.41) is 8.93. The fourth-order valence-electron chi connectivity index (χ4n) is 1.70. The zero-order valence-corrected chi connectivity index (χ0v) is 7.77. The molecule has 1 heterocycles. The summed E-state index contributed by atoms with van der Waals surface area (Å²) in [6, 6.07) is 7.63. The van der Waals surface area contributed by atoms with E-state index in [1.165, 1.54) is 0 Å². The van der Waals surface area contributed by atoms with E-state index in [4.69, 9.17) is 9.84 Å². The molecule has 3 heteroatoms. The van der Waals surface area contributed by atoms with Crippen LogP contribution < -0.4 is 4.74 Å². The summed E-state index contributed by atoms with van der Waals surface area (Å²) in [6.45, 7) is 0.494. The Labute approximate surface area is 82.3 Å². The van der Waals surface area contributed by atoms with E-state index in [2.05, 4.69) is 0 Å². The highest BCUT2D eigenvalue weighted by molar-refractivity contribution is 5.70. The summed E-state index contributed by atoms with van der Waals surface area (Å²) in [6.07, 6.45) is 1.16. The van der Waals surface area contributed by atoms with Crippen molar-refractivity contribution in [1.29, 1.82) is 0 Å². The molecule has 1 atom stereocenters. The molecule has 1 N–H and O–H groups in total. The normalized spacial score (nSPS) is 20.4. The van der Waals surface area contributed by atoms with Crippen molar-refractivity contribution in [3.8, 4) is 5.75 Å². The van der Waals surface area contributed by atoms with Gasteiger partial charge in [0.2, 0.25) is 0 Å². The molecule has 1 aliphatic heterocycles. The zero-order chi connectivity index (χ0) is 9.97. The van der Waals surface area contributed by atoms with Gasteiger partial charge in [0.25, 0.3) is 0 Å². The lowest BCUT2D eigenvalue weighted by Gasteiger charge is -2.06. The third-order valence-corrected chi connectivity index (χ3v) is 2.51. The van der Waals surface area contributed by atoms with Crippen LogP contribution in [0.5, 0.6) is 5.75 Å². The molecule has 0 unspecified atom stereocenters. The maximum atomic E-state index is 10.9. The largest absolute Gasteiger partial charge is 0.493 e. The molecular weight excluding hydrogens is 180 g/mol. The predicted molar refractivity (Wildman–Crippen MR) is 51.4 cm³/mol. The molecule has 0 saturated carbocycles. The first kappa shape index (κ1) is 9.06. The standard InChI is InChI=1S/C11H12O3/c12-11(13)9-5-6-14-10-4-2-1-3-8(10)7-9/h1-4,9H,5-7H2,(H,12,13)/t9-/m1/s1. The third kappa shape index (κ3) is 1.71. The Morgan fingerprint density at radius 1 is 1.43 bits per heavy atom. The van der Waals surface area contributed by atoms with Crippen LogP contribution in [0, 0.1) is 5.92 Å². The second kappa shape index (κ2) is 3.70. The molecule has 0 aliphatic carbocycles. The van der Waals surface area contributed by atoms with E-state index >= 15 is 0 Å². The van der Waals surface area contributed by atoms with E-state index in [0.29, 0.717) is 19.4 Å². The number of para-hydroxylation sites is 1. The Kier molecular flexibility index (Phi) is 2.39. The lowest BCUT2D eigenvalue weighted by atomic mass is 9.97. The molecule has 0 radical (unpaired) electrons. The highest BCUT2D eigenvalue weighted by Gasteiger charge is 2.22. The highest BCUT2D eigenvalue weighted by atomic mass is 16.5. The highest BCUT2D eigenvalue weighted by Crippen LogP contribution is 2.26. The molecule has 3 nitrogen and oxygen atoms in total. The monoisotopic (exact) mass is 192 g/mol. The van der Waals surface area contributed by atoms with Crippen molar-refractivity contribution in [2.75, 3.05) is 6.61 Å². The number of ether oxygens (including phenoxy) is 1. The molecule has 0 fully saturated rings. The summed E-state index contributed by atoms with van der Waals surface area (Å²) in [7, 11) is 0. The number of rotatable bonds is 1. The van der Waals surface area contributed by atoms with Gasteiger partial charge in [0.05, 0.1) is 12.5 Å². The Bertz CT molecular complexity index is 346. The summed E-state index contributed by atoms with van der Waals surface area (Å²) >= 11 is 0. The third-order valence-electron chi connectivity index (χ3n) is 2.51. The van der Waals surface area contributed by atoms with E-state index in [0.717, 1.165) is 11.3 Å². The minimum atomic E-state index is -0.731. The maximum Gasteiger partial charge on any atom is 0.306 e. The van der Waals surface area contributed by atoms with Crippen molar-refractivity contribution in [3.05, 3.63) is 29.8 Å². The van der Waals surface area contributed by atoms with Crippen LogP contribution in [0.4, 0.5) is 0 Å². The van der Waals surface area contributed by atoms with E-state index in [9.17, 15) is 4.79 Å². The summed E-state index contributed by atoms with van der Waals surface area (Å²) in [5.74, 6) is -0.208. The van der Waals surface area contributed by atoms with Gasteiger partial charge in [0.1, 0.15) is 5.75 Å². The molecule has 74 valence electrons. The van der Waals surface area contributed by atoms with E-state index < -0.39 is 5.97 Å². The average Bonchev–Trinajstić information content (AvgIpc) is 2.39. The molecule has 14 heavy (non-hydrogen) atoms. The van der Waals surface area contributed by atoms with Gasteiger partial charge in [-0.2, -0.15) is 0 Å². The Hall–Kier alpha value is -1.51. The van der Waals surface area contributed by atoms with Crippen LogP contribution in [-0.4, -0.2) is 17.7 Å². The van der Waals surface area contributed by atoms with Crippen LogP contribution in [0.25, 0.3) is 0 Å². The van der Waals surface area contributed by atoms with Crippen LogP contribution in [0.15, 0.2) is 24.3 Å². The summed E-state index contributed by atoms with van der Waals surface area (Å²) in [5.41, 5.74) is 0.998. The number of fused-ring (bicyclic) bond motifs is 1. The van der Waals surface area contributed by atoms with Gasteiger partial charge in [0, 0.05) is 0 Å². The lowest BCUT2D eigenvalue weighted by molar-refractivity contribution is -0.142. The predicted octanol–water partition coefficient (Wildman–Crippen LogP) is 1.71. The second-order valence-electron chi connectivity index (χ2n) is 3.48. The molecule has 1 aliphatic rings. The minimum absolute atomic E-state index is 0.307. The molecule has 0 spiro atoms. The van der Waals surface area contributed by atoms with Gasteiger partial charge in [-0.3, -0.25) is 4.79 Å². The first-order valence-electron chi connectivity index (χ1n) is 4.71. The second-order valence-corrected chi connectivity index (χ2v) is 3.48. The fraction of sp³-hybridized carbons (Fsp3) is 0.364. The number of carbonyl (C=O) groups is 1. The van der Waals surface area contributed by atoms with Crippen molar-refractivity contribution in [1.82, 2.24) is 0 Å². The Balaban J connectivity index is 2.26. The van der Waals surface area contributed by atoms with Gasteiger partial charge in [-0.15, -0.1) is 0 Å². The quantitative estimate of drug-likeness (QED) is 0.736. The average molecular weight is 192 g/mol. The zero-order valence-electron chi connectivity index (χ0n) is 7.77. The number of hydrogen-bond acceptors (Lipinski definition) is 2. The van der Waals surface area contributed by atoms with E-state index in [-0.39, 0.29) is 5.92 Å².